The molecule has 2 aromatic carbocycles. The number of hydrogen-bond acceptors (Lipinski definition) is 3. The summed E-state index contributed by atoms with van der Waals surface area (Å²) in [5.74, 6) is 0.0496. The minimum Gasteiger partial charge on any atom is -0.482 e. The first-order valence-electron chi connectivity index (χ1n) is 5.78. The van der Waals surface area contributed by atoms with Crippen molar-refractivity contribution in [1.29, 1.82) is 0 Å². The van der Waals surface area contributed by atoms with Crippen molar-refractivity contribution < 1.29 is 9.53 Å². The van der Waals surface area contributed by atoms with Gasteiger partial charge in [-0.2, -0.15) is 0 Å². The number of nitrogens with one attached hydrogen (secondary N) is 1. The second-order valence-electron chi connectivity index (χ2n) is 4.01. The second kappa shape index (κ2) is 6.50. The maximum absolute atomic E-state index is 11.7. The first-order valence-corrected chi connectivity index (χ1v) is 6.54. The number of anilines is 2. The Bertz CT molecular complexity index is 632. The quantitative estimate of drug-likeness (QED) is 0.848. The predicted molar refractivity (Wildman–Crippen MR) is 81.4 cm³/mol. The third kappa shape index (κ3) is 3.79. The molecule has 3 N–H and O–H groups in total. The summed E-state index contributed by atoms with van der Waals surface area (Å²) in [6.07, 6.45) is 0. The molecule has 0 atom stereocenters. The molecule has 0 aliphatic carbocycles. The molecule has 1 amide bonds. The molecular weight excluding hydrogens is 299 g/mol. The fourth-order valence-corrected chi connectivity index (χ4v) is 1.90. The monoisotopic (exact) mass is 310 g/mol. The number of nitrogen functional groups attached to an aromatic ring is 1. The molecule has 0 spiro atoms. The lowest BCUT2D eigenvalue weighted by molar-refractivity contribution is -0.118. The Kier molecular flexibility index (Phi) is 4.71. The van der Waals surface area contributed by atoms with Gasteiger partial charge in [-0.25, -0.2) is 0 Å². The lowest BCUT2D eigenvalue weighted by atomic mass is 10.3. The standard InChI is InChI=1S/C14H12Cl2N2O2/c15-11-5-2-6-12(14(11)16)20-8-13(19)18-10-4-1-3-9(17)7-10/h1-7H,8,17H2,(H,18,19). The number of rotatable bonds is 4. The number of carbonyl (C=O) groups is 1. The Morgan fingerprint density at radius 2 is 1.95 bits per heavy atom. The van der Waals surface area contributed by atoms with Crippen LogP contribution in [0.15, 0.2) is 42.5 Å². The lowest BCUT2D eigenvalue weighted by Gasteiger charge is -2.09. The molecule has 0 aliphatic rings. The molecule has 6 heteroatoms. The van der Waals surface area contributed by atoms with Gasteiger partial charge in [0.05, 0.1) is 5.02 Å². The van der Waals surface area contributed by atoms with E-state index in [9.17, 15) is 4.79 Å². The van der Waals surface area contributed by atoms with Crippen LogP contribution in [0, 0.1) is 0 Å². The molecule has 2 aromatic rings. The van der Waals surface area contributed by atoms with E-state index < -0.39 is 0 Å². The van der Waals surface area contributed by atoms with Gasteiger partial charge < -0.3 is 15.8 Å². The fourth-order valence-electron chi connectivity index (χ4n) is 1.55. The van der Waals surface area contributed by atoms with E-state index in [1.54, 1.807) is 42.5 Å². The van der Waals surface area contributed by atoms with Gasteiger partial charge in [0.1, 0.15) is 10.8 Å². The van der Waals surface area contributed by atoms with Gasteiger partial charge in [-0.3, -0.25) is 4.79 Å². The number of hydrogen-bond donors (Lipinski definition) is 2. The molecule has 0 unspecified atom stereocenters. The lowest BCUT2D eigenvalue weighted by Crippen LogP contribution is -2.20. The Labute approximate surface area is 126 Å². The number of halogens is 2. The summed E-state index contributed by atoms with van der Waals surface area (Å²) in [4.78, 5) is 11.7. The van der Waals surface area contributed by atoms with Crippen LogP contribution < -0.4 is 15.8 Å². The SMILES string of the molecule is Nc1cccc(NC(=O)COc2cccc(Cl)c2Cl)c1. The third-order valence-corrected chi connectivity index (χ3v) is 3.25. The Hall–Kier alpha value is -1.91. The second-order valence-corrected chi connectivity index (χ2v) is 4.80. The third-order valence-electron chi connectivity index (χ3n) is 2.45. The molecule has 0 radical (unpaired) electrons. The number of carbonyl (C=O) groups excluding carboxylic acids is 1. The van der Waals surface area contributed by atoms with Crippen molar-refractivity contribution in [2.75, 3.05) is 17.7 Å². The van der Waals surface area contributed by atoms with Crippen LogP contribution in [-0.4, -0.2) is 12.5 Å². The van der Waals surface area contributed by atoms with Gasteiger partial charge in [0.2, 0.25) is 0 Å². The maximum Gasteiger partial charge on any atom is 0.262 e. The average Bonchev–Trinajstić information content (AvgIpc) is 2.40. The van der Waals surface area contributed by atoms with Crippen LogP contribution in [0.5, 0.6) is 5.75 Å². The highest BCUT2D eigenvalue weighted by atomic mass is 35.5. The number of ether oxygens (including phenoxy) is 1. The molecule has 104 valence electrons. The molecule has 4 nitrogen and oxygen atoms in total. The van der Waals surface area contributed by atoms with Crippen molar-refractivity contribution >= 4 is 40.5 Å². The average molecular weight is 311 g/mol. The van der Waals surface area contributed by atoms with Crippen LogP contribution in [0.3, 0.4) is 0 Å². The first kappa shape index (κ1) is 14.5. The minimum atomic E-state index is -0.313. The molecular formula is C14H12Cl2N2O2. The Morgan fingerprint density at radius 1 is 1.20 bits per heavy atom. The highest BCUT2D eigenvalue weighted by Crippen LogP contribution is 2.31. The van der Waals surface area contributed by atoms with Gasteiger partial charge in [-0.15, -0.1) is 0 Å². The topological polar surface area (TPSA) is 64.3 Å². The molecule has 0 saturated carbocycles. The van der Waals surface area contributed by atoms with E-state index in [-0.39, 0.29) is 17.5 Å². The number of benzene rings is 2. The van der Waals surface area contributed by atoms with Crippen molar-refractivity contribution in [3.05, 3.63) is 52.5 Å². The Balaban J connectivity index is 1.94. The number of nitrogens with two attached hydrogens (primary N) is 1. The normalized spacial score (nSPS) is 10.1. The zero-order valence-corrected chi connectivity index (χ0v) is 11.9. The van der Waals surface area contributed by atoms with Crippen molar-refractivity contribution in [2.24, 2.45) is 0 Å². The van der Waals surface area contributed by atoms with E-state index in [1.807, 2.05) is 0 Å². The summed E-state index contributed by atoms with van der Waals surface area (Å²) in [6.45, 7) is -0.172. The van der Waals surface area contributed by atoms with E-state index >= 15 is 0 Å². The highest BCUT2D eigenvalue weighted by Gasteiger charge is 2.08. The molecule has 0 fully saturated rings. The largest absolute Gasteiger partial charge is 0.482 e. The summed E-state index contributed by atoms with van der Waals surface area (Å²) in [7, 11) is 0. The van der Waals surface area contributed by atoms with Crippen LogP contribution in [0.4, 0.5) is 11.4 Å². The zero-order valence-electron chi connectivity index (χ0n) is 10.4. The Morgan fingerprint density at radius 3 is 2.70 bits per heavy atom. The summed E-state index contributed by atoms with van der Waals surface area (Å²) in [5, 5.41) is 3.33. The fraction of sp³-hybridized carbons (Fsp3) is 0.0714. The summed E-state index contributed by atoms with van der Waals surface area (Å²) >= 11 is 11.8. The first-order chi connectivity index (χ1) is 9.56. The summed E-state index contributed by atoms with van der Waals surface area (Å²) in [5.41, 5.74) is 6.80. The van der Waals surface area contributed by atoms with Crippen LogP contribution in [-0.2, 0) is 4.79 Å². The van der Waals surface area contributed by atoms with E-state index in [0.717, 1.165) is 0 Å². The van der Waals surface area contributed by atoms with Gasteiger partial charge in [-0.05, 0) is 30.3 Å². The zero-order chi connectivity index (χ0) is 14.5. The van der Waals surface area contributed by atoms with Crippen molar-refractivity contribution in [2.45, 2.75) is 0 Å². The number of amides is 1. The smallest absolute Gasteiger partial charge is 0.262 e. The molecule has 0 saturated heterocycles. The maximum atomic E-state index is 11.7. The van der Waals surface area contributed by atoms with Crippen molar-refractivity contribution in [1.82, 2.24) is 0 Å². The molecule has 20 heavy (non-hydrogen) atoms. The minimum absolute atomic E-state index is 0.172. The van der Waals surface area contributed by atoms with Gasteiger partial charge in [0.15, 0.2) is 6.61 Å². The van der Waals surface area contributed by atoms with Crippen molar-refractivity contribution in [3.63, 3.8) is 0 Å². The van der Waals surface area contributed by atoms with Crippen LogP contribution >= 0.6 is 23.2 Å². The summed E-state index contributed by atoms with van der Waals surface area (Å²) < 4.78 is 5.32. The van der Waals surface area contributed by atoms with Gasteiger partial charge >= 0.3 is 0 Å². The van der Waals surface area contributed by atoms with Crippen LogP contribution in [0.2, 0.25) is 10.0 Å². The van der Waals surface area contributed by atoms with Crippen LogP contribution in [0.25, 0.3) is 0 Å². The van der Waals surface area contributed by atoms with E-state index in [4.69, 9.17) is 33.7 Å². The highest BCUT2D eigenvalue weighted by molar-refractivity contribution is 6.42. The predicted octanol–water partition coefficient (Wildman–Crippen LogP) is 3.59. The van der Waals surface area contributed by atoms with Gasteiger partial charge in [-0.1, -0.05) is 35.3 Å². The van der Waals surface area contributed by atoms with Crippen molar-refractivity contribution in [3.8, 4) is 5.75 Å². The van der Waals surface area contributed by atoms with Crippen LogP contribution in [0.1, 0.15) is 0 Å². The molecule has 2 rings (SSSR count). The van der Waals surface area contributed by atoms with E-state index in [2.05, 4.69) is 5.32 Å². The van der Waals surface area contributed by atoms with Gasteiger partial charge in [0, 0.05) is 11.4 Å². The molecule has 0 heterocycles. The molecule has 0 bridgehead atoms. The van der Waals surface area contributed by atoms with E-state index in [1.165, 1.54) is 0 Å². The van der Waals surface area contributed by atoms with E-state index in [0.29, 0.717) is 22.1 Å². The molecule has 0 aliphatic heterocycles. The molecule has 0 aromatic heterocycles. The summed E-state index contributed by atoms with van der Waals surface area (Å²) in [6, 6.07) is 11.9. The van der Waals surface area contributed by atoms with Gasteiger partial charge in [0.25, 0.3) is 5.91 Å².